The Labute approximate surface area is 71.6 Å². The molecule has 0 radical (unpaired) electrons. The summed E-state index contributed by atoms with van der Waals surface area (Å²) in [6.07, 6.45) is 4.22. The van der Waals surface area contributed by atoms with Crippen LogP contribution in [0.4, 0.5) is 0 Å². The Kier molecular flexibility index (Phi) is 6.79. The zero-order valence-corrected chi connectivity index (χ0v) is 8.62. The molecule has 1 saturated heterocycles. The molecule has 1 atom stereocenters. The van der Waals surface area contributed by atoms with E-state index in [1.165, 1.54) is 46.2 Å². The molecule has 1 heterocycles. The minimum Gasteiger partial charge on any atom is -0.300 e. The lowest BCUT2D eigenvalue weighted by Gasteiger charge is -2.20. The van der Waals surface area contributed by atoms with Crippen molar-refractivity contribution in [2.24, 2.45) is 0 Å². The van der Waals surface area contributed by atoms with Gasteiger partial charge in [0, 0.05) is 13.1 Å². The molecule has 0 aromatic rings. The van der Waals surface area contributed by atoms with Gasteiger partial charge in [0.1, 0.15) is 5.78 Å². The van der Waals surface area contributed by atoms with Crippen LogP contribution >= 0.6 is 9.39 Å². The molecule has 0 bridgehead atoms. The lowest BCUT2D eigenvalue weighted by atomic mass is 10.2. The molecule has 0 N–H and O–H groups in total. The van der Waals surface area contributed by atoms with Crippen LogP contribution in [0.25, 0.3) is 0 Å². The van der Waals surface area contributed by atoms with Gasteiger partial charge in [-0.05, 0) is 26.7 Å². The Hall–Kier alpha value is 0.0600. The number of rotatable bonds is 0. The molecule has 1 unspecified atom stereocenters. The third kappa shape index (κ3) is 10.1. The fraction of sp³-hybridized carbons (Fsp3) is 0.875. The number of piperidine rings is 1. The zero-order valence-electron chi connectivity index (χ0n) is 7.47. The first-order chi connectivity index (χ1) is 5.13. The van der Waals surface area contributed by atoms with Gasteiger partial charge in [-0.15, -0.1) is 0 Å². The van der Waals surface area contributed by atoms with Gasteiger partial charge in [-0.1, -0.05) is 15.8 Å². The first kappa shape index (κ1) is 11.1. The molecule has 1 rings (SSSR count). The summed E-state index contributed by atoms with van der Waals surface area (Å²) in [7, 11) is 2.74. The average molecular weight is 175 g/mol. The summed E-state index contributed by atoms with van der Waals surface area (Å²) in [4.78, 5) is 9.44. The number of hydrogen-bond acceptors (Lipinski definition) is 2. The number of carbonyl (C=O) groups excluding carboxylic acids is 1. The van der Waals surface area contributed by atoms with Gasteiger partial charge in [-0.3, -0.25) is 4.67 Å². The van der Waals surface area contributed by atoms with E-state index in [4.69, 9.17) is 0 Å². The SMILES string of the molecule is CC(C)=O.PN1CCCCC1. The molecule has 2 nitrogen and oxygen atoms in total. The Bertz CT molecular complexity index is 107. The zero-order chi connectivity index (χ0) is 8.69. The van der Waals surface area contributed by atoms with E-state index < -0.39 is 0 Å². The molecule has 1 aliphatic heterocycles. The Balaban J connectivity index is 0.000000218. The van der Waals surface area contributed by atoms with Gasteiger partial charge < -0.3 is 4.79 Å². The molecule has 0 saturated carbocycles. The van der Waals surface area contributed by atoms with Crippen molar-refractivity contribution in [1.29, 1.82) is 0 Å². The second kappa shape index (κ2) is 6.75. The monoisotopic (exact) mass is 175 g/mol. The van der Waals surface area contributed by atoms with Crippen molar-refractivity contribution in [2.75, 3.05) is 13.1 Å². The van der Waals surface area contributed by atoms with E-state index in [-0.39, 0.29) is 5.78 Å². The van der Waals surface area contributed by atoms with Crippen LogP contribution in [0.5, 0.6) is 0 Å². The fourth-order valence-corrected chi connectivity index (χ4v) is 1.28. The smallest absolute Gasteiger partial charge is 0.126 e. The molecule has 0 aromatic carbocycles. The van der Waals surface area contributed by atoms with Crippen LogP contribution in [0, 0.1) is 0 Å². The topological polar surface area (TPSA) is 20.3 Å². The predicted molar refractivity (Wildman–Crippen MR) is 51.5 cm³/mol. The summed E-state index contributed by atoms with van der Waals surface area (Å²) in [6, 6.07) is 0. The Morgan fingerprint density at radius 2 is 1.55 bits per heavy atom. The second-order valence-electron chi connectivity index (χ2n) is 3.00. The van der Waals surface area contributed by atoms with E-state index in [9.17, 15) is 4.79 Å². The maximum atomic E-state index is 9.44. The van der Waals surface area contributed by atoms with E-state index in [1.54, 1.807) is 0 Å². The van der Waals surface area contributed by atoms with Gasteiger partial charge in [-0.2, -0.15) is 0 Å². The average Bonchev–Trinajstić information content (AvgIpc) is 1.87. The summed E-state index contributed by atoms with van der Waals surface area (Å²) < 4.78 is 2.31. The molecule has 0 amide bonds. The highest BCUT2D eigenvalue weighted by molar-refractivity contribution is 7.13. The maximum Gasteiger partial charge on any atom is 0.126 e. The first-order valence-corrected chi connectivity index (χ1v) is 4.61. The summed E-state index contributed by atoms with van der Waals surface area (Å²) in [6.45, 7) is 5.62. The summed E-state index contributed by atoms with van der Waals surface area (Å²) in [5.74, 6) is 0.167. The van der Waals surface area contributed by atoms with Crippen LogP contribution < -0.4 is 0 Å². The first-order valence-electron chi connectivity index (χ1n) is 4.09. The standard InChI is InChI=1S/C5H12NP.C3H6O/c7-6-4-2-1-3-5-6;1-3(2)4/h1-5,7H2;1-2H3. The van der Waals surface area contributed by atoms with Gasteiger partial charge in [0.25, 0.3) is 0 Å². The second-order valence-corrected chi connectivity index (χ2v) is 3.74. The lowest BCUT2D eigenvalue weighted by molar-refractivity contribution is -0.114. The molecule has 66 valence electrons. The van der Waals surface area contributed by atoms with Crippen LogP contribution in [0.15, 0.2) is 0 Å². The highest BCUT2D eigenvalue weighted by Crippen LogP contribution is 2.11. The quantitative estimate of drug-likeness (QED) is 0.524. The summed E-state index contributed by atoms with van der Waals surface area (Å²) >= 11 is 0. The largest absolute Gasteiger partial charge is 0.300 e. The molecular weight excluding hydrogens is 157 g/mol. The molecule has 0 aliphatic carbocycles. The van der Waals surface area contributed by atoms with E-state index >= 15 is 0 Å². The maximum absolute atomic E-state index is 9.44. The minimum atomic E-state index is 0.167. The predicted octanol–water partition coefficient (Wildman–Crippen LogP) is 1.86. The van der Waals surface area contributed by atoms with Gasteiger partial charge in [0.15, 0.2) is 0 Å². The van der Waals surface area contributed by atoms with Crippen molar-refractivity contribution in [3.63, 3.8) is 0 Å². The summed E-state index contributed by atoms with van der Waals surface area (Å²) in [5.41, 5.74) is 0. The van der Waals surface area contributed by atoms with Gasteiger partial charge >= 0.3 is 0 Å². The normalized spacial score (nSPS) is 18.5. The van der Waals surface area contributed by atoms with E-state index in [0.717, 1.165) is 0 Å². The molecule has 0 spiro atoms. The van der Waals surface area contributed by atoms with Crippen LogP contribution in [0.1, 0.15) is 33.1 Å². The molecular formula is C8H18NOP. The Morgan fingerprint density at radius 1 is 1.18 bits per heavy atom. The van der Waals surface area contributed by atoms with Gasteiger partial charge in [0.05, 0.1) is 0 Å². The van der Waals surface area contributed by atoms with Crippen LogP contribution in [0.3, 0.4) is 0 Å². The molecule has 1 fully saturated rings. The minimum absolute atomic E-state index is 0.167. The van der Waals surface area contributed by atoms with Crippen molar-refractivity contribution in [1.82, 2.24) is 4.67 Å². The van der Waals surface area contributed by atoms with Crippen LogP contribution in [0.2, 0.25) is 0 Å². The van der Waals surface area contributed by atoms with Crippen molar-refractivity contribution in [3.05, 3.63) is 0 Å². The van der Waals surface area contributed by atoms with Crippen LogP contribution in [-0.4, -0.2) is 23.5 Å². The number of nitrogens with zero attached hydrogens (tertiary/aromatic N) is 1. The van der Waals surface area contributed by atoms with Crippen molar-refractivity contribution < 1.29 is 4.79 Å². The van der Waals surface area contributed by atoms with Gasteiger partial charge in [0.2, 0.25) is 0 Å². The third-order valence-electron chi connectivity index (χ3n) is 1.39. The highest BCUT2D eigenvalue weighted by atomic mass is 31.0. The molecule has 1 aliphatic rings. The van der Waals surface area contributed by atoms with E-state index in [2.05, 4.69) is 14.1 Å². The van der Waals surface area contributed by atoms with Crippen molar-refractivity contribution in [2.45, 2.75) is 33.1 Å². The van der Waals surface area contributed by atoms with Crippen molar-refractivity contribution in [3.8, 4) is 0 Å². The van der Waals surface area contributed by atoms with E-state index in [1.807, 2.05) is 0 Å². The molecule has 11 heavy (non-hydrogen) atoms. The van der Waals surface area contributed by atoms with E-state index in [0.29, 0.717) is 0 Å². The Morgan fingerprint density at radius 3 is 1.73 bits per heavy atom. The van der Waals surface area contributed by atoms with Gasteiger partial charge in [-0.25, -0.2) is 0 Å². The number of Topliss-reactive ketones (excluding diaryl/α,β-unsaturated/α-hetero) is 1. The van der Waals surface area contributed by atoms with Crippen LogP contribution in [-0.2, 0) is 4.79 Å². The number of carbonyl (C=O) groups is 1. The lowest BCUT2D eigenvalue weighted by Crippen LogP contribution is -2.18. The summed E-state index contributed by atoms with van der Waals surface area (Å²) in [5, 5.41) is 0. The fourth-order valence-electron chi connectivity index (χ4n) is 0.918. The highest BCUT2D eigenvalue weighted by Gasteiger charge is 2.02. The number of hydrogen-bond donors (Lipinski definition) is 0. The molecule has 0 aromatic heterocycles. The third-order valence-corrected chi connectivity index (χ3v) is 1.91. The molecule has 3 heteroatoms. The number of ketones is 1. The van der Waals surface area contributed by atoms with Crippen molar-refractivity contribution >= 4 is 15.2 Å².